The first-order valence-corrected chi connectivity index (χ1v) is 6.77. The molecule has 1 aliphatic heterocycles. The van der Waals surface area contributed by atoms with Crippen LogP contribution in [0.5, 0.6) is 0 Å². The molecule has 2 rings (SSSR count). The second-order valence-corrected chi connectivity index (χ2v) is 5.67. The summed E-state index contributed by atoms with van der Waals surface area (Å²) in [4.78, 5) is 0. The highest BCUT2D eigenvalue weighted by Gasteiger charge is 2.40. The van der Waals surface area contributed by atoms with Crippen LogP contribution in [0.4, 0.5) is 0 Å². The van der Waals surface area contributed by atoms with Gasteiger partial charge in [0.1, 0.15) is 0 Å². The first-order valence-electron chi connectivity index (χ1n) is 6.77. The fraction of sp³-hybridized carbons (Fsp3) is 0.929. The van der Waals surface area contributed by atoms with Gasteiger partial charge < -0.3 is 4.74 Å². The minimum atomic E-state index is 0.0166. The number of ether oxygens (including phenoxy) is 1. The van der Waals surface area contributed by atoms with Crippen molar-refractivity contribution in [1.29, 1.82) is 5.26 Å². The average Bonchev–Trinajstić information content (AvgIpc) is 2.75. The van der Waals surface area contributed by atoms with Crippen molar-refractivity contribution in [2.45, 2.75) is 51.9 Å². The summed E-state index contributed by atoms with van der Waals surface area (Å²) >= 11 is 0. The first-order chi connectivity index (χ1) is 7.78. The molecule has 1 aliphatic carbocycles. The molecule has 1 saturated carbocycles. The lowest BCUT2D eigenvalue weighted by Crippen LogP contribution is -2.24. The van der Waals surface area contributed by atoms with Crippen molar-refractivity contribution >= 4 is 0 Å². The van der Waals surface area contributed by atoms with Gasteiger partial charge in [0, 0.05) is 13.2 Å². The molecular weight excluding hydrogens is 198 g/mol. The van der Waals surface area contributed by atoms with Gasteiger partial charge >= 0.3 is 0 Å². The van der Waals surface area contributed by atoms with Crippen molar-refractivity contribution in [2.24, 2.45) is 17.3 Å². The van der Waals surface area contributed by atoms with Crippen molar-refractivity contribution in [3.05, 3.63) is 0 Å². The molecule has 90 valence electrons. The lowest BCUT2D eigenvalue weighted by atomic mass is 9.76. The molecule has 0 bridgehead atoms. The molecule has 2 heteroatoms. The second kappa shape index (κ2) is 5.19. The Balaban J connectivity index is 1.92. The molecule has 0 amide bonds. The molecule has 2 atom stereocenters. The van der Waals surface area contributed by atoms with Crippen molar-refractivity contribution < 1.29 is 4.74 Å². The summed E-state index contributed by atoms with van der Waals surface area (Å²) in [6.07, 6.45) is 8.27. The first kappa shape index (κ1) is 11.9. The number of hydrogen-bond donors (Lipinski definition) is 0. The van der Waals surface area contributed by atoms with Gasteiger partial charge in [-0.15, -0.1) is 0 Å². The summed E-state index contributed by atoms with van der Waals surface area (Å²) < 4.78 is 5.39. The van der Waals surface area contributed by atoms with Crippen molar-refractivity contribution in [2.75, 3.05) is 13.2 Å². The molecule has 0 aromatic heterocycles. The van der Waals surface area contributed by atoms with Crippen LogP contribution in [-0.2, 0) is 4.74 Å². The van der Waals surface area contributed by atoms with Crippen LogP contribution in [0, 0.1) is 28.6 Å². The Morgan fingerprint density at radius 1 is 1.25 bits per heavy atom. The van der Waals surface area contributed by atoms with E-state index in [9.17, 15) is 5.26 Å². The highest BCUT2D eigenvalue weighted by atomic mass is 16.5. The van der Waals surface area contributed by atoms with E-state index < -0.39 is 0 Å². The average molecular weight is 221 g/mol. The molecule has 0 radical (unpaired) electrons. The van der Waals surface area contributed by atoms with E-state index in [2.05, 4.69) is 13.0 Å². The van der Waals surface area contributed by atoms with E-state index in [1.807, 2.05) is 0 Å². The fourth-order valence-corrected chi connectivity index (χ4v) is 3.42. The monoisotopic (exact) mass is 221 g/mol. The number of nitrogens with zero attached hydrogens (tertiary/aromatic N) is 1. The zero-order valence-electron chi connectivity index (χ0n) is 10.4. The molecule has 2 unspecified atom stereocenters. The smallest absolute Gasteiger partial charge is 0.0689 e. The Kier molecular flexibility index (Phi) is 3.86. The standard InChI is InChI=1S/C14H23NO/c1-2-12-3-6-14(9-12,11-15)10-13-4-7-16-8-5-13/h12-13H,2-10H2,1H3. The lowest BCUT2D eigenvalue weighted by molar-refractivity contribution is 0.0534. The minimum absolute atomic E-state index is 0.0166. The maximum absolute atomic E-state index is 9.48. The summed E-state index contributed by atoms with van der Waals surface area (Å²) in [5.41, 5.74) is 0.0166. The minimum Gasteiger partial charge on any atom is -0.381 e. The van der Waals surface area contributed by atoms with Crippen LogP contribution in [0.15, 0.2) is 0 Å². The summed E-state index contributed by atoms with van der Waals surface area (Å²) in [5.74, 6) is 1.54. The topological polar surface area (TPSA) is 33.0 Å². The van der Waals surface area contributed by atoms with Crippen LogP contribution >= 0.6 is 0 Å². The maximum Gasteiger partial charge on any atom is 0.0689 e. The van der Waals surface area contributed by atoms with Crippen molar-refractivity contribution in [1.82, 2.24) is 0 Å². The van der Waals surface area contributed by atoms with Crippen molar-refractivity contribution in [3.8, 4) is 6.07 Å². The Labute approximate surface area is 99.0 Å². The van der Waals surface area contributed by atoms with Gasteiger partial charge in [-0.25, -0.2) is 0 Å². The molecular formula is C14H23NO. The molecule has 0 aromatic carbocycles. The molecule has 1 saturated heterocycles. The Bertz CT molecular complexity index is 264. The quantitative estimate of drug-likeness (QED) is 0.730. The van der Waals surface area contributed by atoms with E-state index in [4.69, 9.17) is 4.74 Å². The number of hydrogen-bond acceptors (Lipinski definition) is 2. The van der Waals surface area contributed by atoms with Crippen LogP contribution in [0.1, 0.15) is 51.9 Å². The largest absolute Gasteiger partial charge is 0.381 e. The molecule has 0 spiro atoms. The highest BCUT2D eigenvalue weighted by molar-refractivity contribution is 5.04. The Morgan fingerprint density at radius 3 is 2.56 bits per heavy atom. The van der Waals surface area contributed by atoms with Crippen molar-refractivity contribution in [3.63, 3.8) is 0 Å². The van der Waals surface area contributed by atoms with E-state index in [1.54, 1.807) is 0 Å². The van der Waals surface area contributed by atoms with Gasteiger partial charge in [0.15, 0.2) is 0 Å². The van der Waals surface area contributed by atoms with Gasteiger partial charge in [0.25, 0.3) is 0 Å². The van der Waals surface area contributed by atoms with Crippen LogP contribution in [0.3, 0.4) is 0 Å². The van der Waals surface area contributed by atoms with Gasteiger partial charge in [-0.05, 0) is 50.4 Å². The molecule has 2 nitrogen and oxygen atoms in total. The third-order valence-electron chi connectivity index (χ3n) is 4.55. The normalized spacial score (nSPS) is 36.1. The second-order valence-electron chi connectivity index (χ2n) is 5.67. The Hall–Kier alpha value is -0.550. The van der Waals surface area contributed by atoms with E-state index in [-0.39, 0.29) is 5.41 Å². The van der Waals surface area contributed by atoms with Gasteiger partial charge in [-0.3, -0.25) is 0 Å². The number of nitriles is 1. The predicted octanol–water partition coefficient (Wildman–Crippen LogP) is 3.52. The summed E-state index contributed by atoms with van der Waals surface area (Å²) in [6, 6.07) is 2.65. The fourth-order valence-electron chi connectivity index (χ4n) is 3.42. The molecule has 1 heterocycles. The van der Waals surface area contributed by atoms with E-state index >= 15 is 0 Å². The molecule has 2 fully saturated rings. The van der Waals surface area contributed by atoms with E-state index in [0.29, 0.717) is 0 Å². The van der Waals surface area contributed by atoms with Crippen LogP contribution in [0.2, 0.25) is 0 Å². The molecule has 0 N–H and O–H groups in total. The summed E-state index contributed by atoms with van der Waals surface area (Å²) in [5, 5.41) is 9.48. The zero-order chi connectivity index (χ0) is 11.4. The highest BCUT2D eigenvalue weighted by Crippen LogP contribution is 2.47. The van der Waals surface area contributed by atoms with Gasteiger partial charge in [0.05, 0.1) is 11.5 Å². The summed E-state index contributed by atoms with van der Waals surface area (Å²) in [6.45, 7) is 4.07. The number of rotatable bonds is 3. The third kappa shape index (κ3) is 2.58. The summed E-state index contributed by atoms with van der Waals surface area (Å²) in [7, 11) is 0. The SMILES string of the molecule is CCC1CCC(C#N)(CC2CCOCC2)C1. The lowest BCUT2D eigenvalue weighted by Gasteiger charge is -2.29. The Morgan fingerprint density at radius 2 is 2.00 bits per heavy atom. The molecule has 2 aliphatic rings. The molecule has 16 heavy (non-hydrogen) atoms. The maximum atomic E-state index is 9.48. The van der Waals surface area contributed by atoms with Crippen LogP contribution < -0.4 is 0 Å². The predicted molar refractivity (Wildman–Crippen MR) is 63.8 cm³/mol. The van der Waals surface area contributed by atoms with Gasteiger partial charge in [-0.1, -0.05) is 13.3 Å². The zero-order valence-corrected chi connectivity index (χ0v) is 10.4. The van der Waals surface area contributed by atoms with Crippen LogP contribution in [-0.4, -0.2) is 13.2 Å². The molecule has 0 aromatic rings. The van der Waals surface area contributed by atoms with Gasteiger partial charge in [0.2, 0.25) is 0 Å². The van der Waals surface area contributed by atoms with Crippen LogP contribution in [0.25, 0.3) is 0 Å². The van der Waals surface area contributed by atoms with E-state index in [0.717, 1.165) is 44.3 Å². The van der Waals surface area contributed by atoms with Gasteiger partial charge in [-0.2, -0.15) is 5.26 Å². The van der Waals surface area contributed by atoms with E-state index in [1.165, 1.54) is 25.7 Å². The third-order valence-corrected chi connectivity index (χ3v) is 4.55.